The van der Waals surface area contributed by atoms with E-state index in [-0.39, 0.29) is 35.0 Å². The van der Waals surface area contributed by atoms with E-state index < -0.39 is 5.82 Å². The summed E-state index contributed by atoms with van der Waals surface area (Å²) < 4.78 is 13.2. The monoisotopic (exact) mass is 294 g/mol. The summed E-state index contributed by atoms with van der Waals surface area (Å²) in [4.78, 5) is 27.8. The van der Waals surface area contributed by atoms with Crippen molar-refractivity contribution < 1.29 is 14.0 Å². The Hall–Kier alpha value is -1.62. The van der Waals surface area contributed by atoms with Gasteiger partial charge in [0.25, 0.3) is 5.91 Å². The zero-order valence-corrected chi connectivity index (χ0v) is 11.3. The first-order valence-corrected chi connectivity index (χ1v) is 7.07. The second-order valence-corrected chi connectivity index (χ2v) is 6.04. The average molecular weight is 295 g/mol. The first-order chi connectivity index (χ1) is 9.58. The molecule has 3 aliphatic rings. The quantitative estimate of drug-likeness (QED) is 0.747. The molecule has 3 amide bonds. The minimum atomic E-state index is -0.560. The largest absolute Gasteiger partial charge is 0.332 e. The highest BCUT2D eigenvalue weighted by molar-refractivity contribution is 6.31. The number of carbonyl (C=O) groups excluding carboxylic acids is 2. The maximum atomic E-state index is 13.2. The van der Waals surface area contributed by atoms with E-state index in [0.29, 0.717) is 5.69 Å². The van der Waals surface area contributed by atoms with Gasteiger partial charge < -0.3 is 4.90 Å². The number of urea groups is 1. The van der Waals surface area contributed by atoms with E-state index in [2.05, 4.69) is 0 Å². The van der Waals surface area contributed by atoms with Crippen molar-refractivity contribution >= 4 is 29.2 Å². The molecule has 0 spiro atoms. The van der Waals surface area contributed by atoms with Crippen molar-refractivity contribution in [2.45, 2.75) is 31.3 Å². The zero-order chi connectivity index (χ0) is 14.0. The normalized spacial score (nSPS) is 31.4. The van der Waals surface area contributed by atoms with Crippen LogP contribution in [-0.2, 0) is 4.79 Å². The minimum Gasteiger partial charge on any atom is -0.309 e. The number of nitrogens with zero attached hydrogens (tertiary/aromatic N) is 2. The Morgan fingerprint density at radius 2 is 2.05 bits per heavy atom. The lowest BCUT2D eigenvalue weighted by Gasteiger charge is -2.25. The number of hydrogen-bond acceptors (Lipinski definition) is 2. The number of fused-ring (bicyclic) bond motifs is 5. The van der Waals surface area contributed by atoms with Crippen molar-refractivity contribution in [1.82, 2.24) is 4.90 Å². The van der Waals surface area contributed by atoms with E-state index in [1.165, 1.54) is 18.2 Å². The van der Waals surface area contributed by atoms with Gasteiger partial charge in [-0.2, -0.15) is 0 Å². The summed E-state index contributed by atoms with van der Waals surface area (Å²) in [7, 11) is 0. The molecule has 0 N–H and O–H groups in total. The van der Waals surface area contributed by atoms with Gasteiger partial charge in [-0.05, 0) is 43.4 Å². The maximum absolute atomic E-state index is 13.2. The maximum Gasteiger partial charge on any atom is 0.332 e. The molecule has 104 valence electrons. The van der Waals surface area contributed by atoms with Crippen LogP contribution in [0.2, 0.25) is 5.02 Å². The highest BCUT2D eigenvalue weighted by atomic mass is 35.5. The van der Waals surface area contributed by atoms with Gasteiger partial charge in [0.05, 0.1) is 10.7 Å². The van der Waals surface area contributed by atoms with Crippen molar-refractivity contribution in [1.29, 1.82) is 0 Å². The Balaban J connectivity index is 1.74. The van der Waals surface area contributed by atoms with E-state index in [4.69, 9.17) is 11.6 Å². The smallest absolute Gasteiger partial charge is 0.309 e. The van der Waals surface area contributed by atoms with Gasteiger partial charge in [0.2, 0.25) is 0 Å². The van der Waals surface area contributed by atoms with Gasteiger partial charge in [0.15, 0.2) is 0 Å². The zero-order valence-electron chi connectivity index (χ0n) is 10.6. The van der Waals surface area contributed by atoms with Crippen LogP contribution in [0.15, 0.2) is 18.2 Å². The number of imide groups is 1. The van der Waals surface area contributed by atoms with Crippen molar-refractivity contribution in [2.24, 2.45) is 5.92 Å². The Morgan fingerprint density at radius 3 is 2.75 bits per heavy atom. The van der Waals surface area contributed by atoms with E-state index >= 15 is 0 Å². The molecule has 4 rings (SSSR count). The summed E-state index contributed by atoms with van der Waals surface area (Å²) in [6, 6.07) is 3.48. The lowest BCUT2D eigenvalue weighted by Crippen LogP contribution is -2.40. The fraction of sp³-hybridized carbons (Fsp3) is 0.429. The van der Waals surface area contributed by atoms with Crippen LogP contribution in [-0.4, -0.2) is 28.9 Å². The number of anilines is 1. The summed E-state index contributed by atoms with van der Waals surface area (Å²) >= 11 is 5.74. The van der Waals surface area contributed by atoms with Gasteiger partial charge in [0.1, 0.15) is 11.9 Å². The third-order valence-corrected chi connectivity index (χ3v) is 4.92. The number of piperidine rings is 1. The first-order valence-electron chi connectivity index (χ1n) is 6.69. The Labute approximate surface area is 120 Å². The molecule has 2 heterocycles. The number of rotatable bonds is 1. The standard InChI is InChI=1S/C14H12ClFN2O2/c15-10-6-9(3-4-11(10)16)18-13(19)12-7-1-2-8(5-7)17(12)14(18)20/h3-4,6-8,12H,1-2,5H2. The lowest BCUT2D eigenvalue weighted by atomic mass is 9.99. The SMILES string of the molecule is O=C1C2C3CCC(C3)N2C(=O)N1c1ccc(F)c(Cl)c1. The second-order valence-electron chi connectivity index (χ2n) is 5.63. The third kappa shape index (κ3) is 1.41. The summed E-state index contributed by atoms with van der Waals surface area (Å²) in [5.41, 5.74) is 0.347. The first kappa shape index (κ1) is 12.1. The topological polar surface area (TPSA) is 40.6 Å². The molecule has 20 heavy (non-hydrogen) atoms. The second kappa shape index (κ2) is 3.95. The minimum absolute atomic E-state index is 0.0851. The van der Waals surface area contributed by atoms with Gasteiger partial charge >= 0.3 is 6.03 Å². The number of carbonyl (C=O) groups is 2. The van der Waals surface area contributed by atoms with Crippen LogP contribution in [0.1, 0.15) is 19.3 Å². The average Bonchev–Trinajstić information content (AvgIpc) is 3.08. The van der Waals surface area contributed by atoms with Crippen LogP contribution in [0.4, 0.5) is 14.9 Å². The number of benzene rings is 1. The molecule has 3 fully saturated rings. The Morgan fingerprint density at radius 1 is 1.25 bits per heavy atom. The summed E-state index contributed by atoms with van der Waals surface area (Å²) in [5.74, 6) is -0.489. The molecule has 0 aromatic heterocycles. The molecule has 3 unspecified atom stereocenters. The number of amides is 3. The molecule has 1 aromatic carbocycles. The molecule has 4 nitrogen and oxygen atoms in total. The van der Waals surface area contributed by atoms with Gasteiger partial charge in [0, 0.05) is 6.04 Å². The molecular formula is C14H12ClFN2O2. The van der Waals surface area contributed by atoms with Crippen LogP contribution in [0, 0.1) is 11.7 Å². The van der Waals surface area contributed by atoms with E-state index in [9.17, 15) is 14.0 Å². The highest BCUT2D eigenvalue weighted by Crippen LogP contribution is 2.47. The van der Waals surface area contributed by atoms with Gasteiger partial charge in [-0.3, -0.25) is 4.79 Å². The molecule has 1 saturated carbocycles. The van der Waals surface area contributed by atoms with Gasteiger partial charge in [-0.1, -0.05) is 11.6 Å². The molecule has 3 atom stereocenters. The molecule has 2 saturated heterocycles. The van der Waals surface area contributed by atoms with Crippen LogP contribution in [0.5, 0.6) is 0 Å². The fourth-order valence-electron chi connectivity index (χ4n) is 3.78. The summed E-state index contributed by atoms with van der Waals surface area (Å²) in [6.45, 7) is 0. The van der Waals surface area contributed by atoms with Crippen LogP contribution in [0.25, 0.3) is 0 Å². The van der Waals surface area contributed by atoms with Crippen LogP contribution in [0.3, 0.4) is 0 Å². The van der Waals surface area contributed by atoms with Crippen molar-refractivity contribution in [3.8, 4) is 0 Å². The molecular weight excluding hydrogens is 283 g/mol. The lowest BCUT2D eigenvalue weighted by molar-refractivity contribution is -0.120. The molecule has 0 radical (unpaired) electrons. The highest BCUT2D eigenvalue weighted by Gasteiger charge is 2.59. The summed E-state index contributed by atoms with van der Waals surface area (Å²) in [6.07, 6.45) is 2.90. The summed E-state index contributed by atoms with van der Waals surface area (Å²) in [5, 5.41) is -0.0851. The third-order valence-electron chi connectivity index (χ3n) is 4.63. The number of hydrogen-bond donors (Lipinski definition) is 0. The molecule has 1 aliphatic carbocycles. The van der Waals surface area contributed by atoms with E-state index in [0.717, 1.165) is 24.2 Å². The van der Waals surface area contributed by atoms with Crippen LogP contribution >= 0.6 is 11.6 Å². The van der Waals surface area contributed by atoms with E-state index in [1.54, 1.807) is 4.90 Å². The predicted octanol–water partition coefficient (Wildman–Crippen LogP) is 2.80. The molecule has 2 aliphatic heterocycles. The van der Waals surface area contributed by atoms with E-state index in [1.807, 2.05) is 0 Å². The van der Waals surface area contributed by atoms with Crippen molar-refractivity contribution in [2.75, 3.05) is 4.90 Å². The molecule has 2 bridgehead atoms. The Kier molecular flexibility index (Phi) is 2.40. The molecule has 6 heteroatoms. The number of halogens is 2. The van der Waals surface area contributed by atoms with Gasteiger partial charge in [-0.15, -0.1) is 0 Å². The van der Waals surface area contributed by atoms with Crippen molar-refractivity contribution in [3.05, 3.63) is 29.0 Å². The fourth-order valence-corrected chi connectivity index (χ4v) is 3.96. The van der Waals surface area contributed by atoms with Crippen molar-refractivity contribution in [3.63, 3.8) is 0 Å². The predicted molar refractivity (Wildman–Crippen MR) is 71.0 cm³/mol. The van der Waals surface area contributed by atoms with Gasteiger partial charge in [-0.25, -0.2) is 14.1 Å². The molecule has 1 aromatic rings. The Bertz CT molecular complexity index is 608. The van der Waals surface area contributed by atoms with Crippen LogP contribution < -0.4 is 4.90 Å².